The van der Waals surface area contributed by atoms with Gasteiger partial charge in [0, 0.05) is 32.4 Å². The Kier molecular flexibility index (Phi) is 4.55. The fourth-order valence-electron chi connectivity index (χ4n) is 2.85. The highest BCUT2D eigenvalue weighted by atomic mass is 16.2. The molecule has 2 rings (SSSR count). The summed E-state index contributed by atoms with van der Waals surface area (Å²) in [6.45, 7) is 1.41. The first-order valence-corrected chi connectivity index (χ1v) is 6.83. The van der Waals surface area contributed by atoms with Gasteiger partial charge in [0.25, 0.3) is 0 Å². The molecule has 1 aromatic rings. The van der Waals surface area contributed by atoms with E-state index in [1.165, 1.54) is 0 Å². The molecule has 3 N–H and O–H groups in total. The number of aryl methyl sites for hydroxylation is 1. The topological polar surface area (TPSA) is 76.2 Å². The highest BCUT2D eigenvalue weighted by molar-refractivity contribution is 5.81. The fraction of sp³-hybridized carbons (Fsp3) is 0.692. The molecule has 2 unspecified atom stereocenters. The first-order valence-electron chi connectivity index (χ1n) is 6.83. The van der Waals surface area contributed by atoms with Gasteiger partial charge in [0.15, 0.2) is 0 Å². The van der Waals surface area contributed by atoms with E-state index >= 15 is 0 Å². The second-order valence-corrected chi connectivity index (χ2v) is 5.06. The third-order valence-electron chi connectivity index (χ3n) is 3.83. The monoisotopic (exact) mass is 265 g/mol. The van der Waals surface area contributed by atoms with Crippen LogP contribution in [0.1, 0.15) is 30.9 Å². The number of likely N-dealkylation sites (tertiary alicyclic amines) is 1. The number of likely N-dealkylation sites (N-methyl/N-ethyl adjacent to an activating group) is 1. The van der Waals surface area contributed by atoms with E-state index in [2.05, 4.69) is 15.3 Å². The Morgan fingerprint density at radius 2 is 2.42 bits per heavy atom. The lowest BCUT2D eigenvalue weighted by atomic mass is 9.97. The normalized spacial score (nSPS) is 22.2. The van der Waals surface area contributed by atoms with Gasteiger partial charge in [-0.05, 0) is 19.4 Å². The van der Waals surface area contributed by atoms with Crippen molar-refractivity contribution in [3.8, 4) is 0 Å². The summed E-state index contributed by atoms with van der Waals surface area (Å²) in [5, 5.41) is 6.96. The van der Waals surface area contributed by atoms with Crippen LogP contribution in [0, 0.1) is 0 Å². The number of nitrogens with one attached hydrogen (secondary N) is 1. The fourth-order valence-corrected chi connectivity index (χ4v) is 2.85. The molecule has 0 bridgehead atoms. The van der Waals surface area contributed by atoms with Crippen LogP contribution in [0.3, 0.4) is 0 Å². The summed E-state index contributed by atoms with van der Waals surface area (Å²) in [6.07, 6.45) is 6.93. The van der Waals surface area contributed by atoms with Crippen LogP contribution in [-0.2, 0) is 11.8 Å². The Labute approximate surface area is 113 Å². The summed E-state index contributed by atoms with van der Waals surface area (Å²) >= 11 is 0. The molecular weight excluding hydrogens is 242 g/mol. The Morgan fingerprint density at radius 3 is 3.00 bits per heavy atom. The number of carbonyl (C=O) groups is 1. The van der Waals surface area contributed by atoms with Crippen LogP contribution in [0.25, 0.3) is 0 Å². The van der Waals surface area contributed by atoms with Crippen molar-refractivity contribution in [2.45, 2.75) is 31.3 Å². The van der Waals surface area contributed by atoms with Crippen molar-refractivity contribution < 1.29 is 4.79 Å². The Balaban J connectivity index is 2.21. The number of piperidine rings is 1. The van der Waals surface area contributed by atoms with Crippen molar-refractivity contribution in [1.82, 2.24) is 20.0 Å². The second kappa shape index (κ2) is 6.16. The molecule has 1 aromatic heterocycles. The van der Waals surface area contributed by atoms with Crippen LogP contribution in [0.15, 0.2) is 12.4 Å². The molecule has 1 fully saturated rings. The van der Waals surface area contributed by atoms with Gasteiger partial charge in [-0.25, -0.2) is 0 Å². The van der Waals surface area contributed by atoms with E-state index < -0.39 is 0 Å². The average molecular weight is 265 g/mol. The largest absolute Gasteiger partial charge is 0.358 e. The predicted octanol–water partition coefficient (Wildman–Crippen LogP) is 0.0204. The molecule has 1 aliphatic rings. The van der Waals surface area contributed by atoms with Crippen molar-refractivity contribution in [2.75, 3.05) is 20.1 Å². The molecular formula is C13H23N5O. The quantitative estimate of drug-likeness (QED) is 0.805. The first-order chi connectivity index (χ1) is 9.17. The lowest BCUT2D eigenvalue weighted by molar-refractivity contribution is -0.128. The third-order valence-corrected chi connectivity index (χ3v) is 3.83. The number of nitrogens with two attached hydrogens (primary N) is 1. The Morgan fingerprint density at radius 1 is 1.63 bits per heavy atom. The maximum absolute atomic E-state index is 12.0. The standard InChI is InChI=1S/C13H23N5O/c1-15-13(19)11-5-3-4-6-18(11)12(7-14)10-8-16-17(2)9-10/h8-9,11-12H,3-7,14H2,1-2H3,(H,15,19). The van der Waals surface area contributed by atoms with Crippen molar-refractivity contribution >= 4 is 5.91 Å². The molecule has 0 spiro atoms. The summed E-state index contributed by atoms with van der Waals surface area (Å²) in [6, 6.07) is -0.0104. The zero-order chi connectivity index (χ0) is 13.8. The predicted molar refractivity (Wildman–Crippen MR) is 73.4 cm³/mol. The van der Waals surface area contributed by atoms with Crippen molar-refractivity contribution in [2.24, 2.45) is 12.8 Å². The average Bonchev–Trinajstić information content (AvgIpc) is 2.86. The molecule has 0 aromatic carbocycles. The minimum atomic E-state index is -0.0764. The minimum Gasteiger partial charge on any atom is -0.358 e. The highest BCUT2D eigenvalue weighted by Gasteiger charge is 2.33. The number of carbonyl (C=O) groups excluding carboxylic acids is 1. The summed E-state index contributed by atoms with van der Waals surface area (Å²) in [5.41, 5.74) is 7.02. The Bertz CT molecular complexity index is 430. The molecule has 6 nitrogen and oxygen atoms in total. The second-order valence-electron chi connectivity index (χ2n) is 5.06. The van der Waals surface area contributed by atoms with Crippen LogP contribution in [0.2, 0.25) is 0 Å². The van der Waals surface area contributed by atoms with Crippen LogP contribution in [0.5, 0.6) is 0 Å². The minimum absolute atomic E-state index is 0.0660. The summed E-state index contributed by atoms with van der Waals surface area (Å²) in [5.74, 6) is 0.0852. The van der Waals surface area contributed by atoms with Crippen molar-refractivity contribution in [1.29, 1.82) is 0 Å². The third kappa shape index (κ3) is 2.96. The van der Waals surface area contributed by atoms with Crippen LogP contribution in [0.4, 0.5) is 0 Å². The van der Waals surface area contributed by atoms with Gasteiger partial charge in [-0.3, -0.25) is 14.4 Å². The molecule has 1 saturated heterocycles. The van der Waals surface area contributed by atoms with E-state index in [0.29, 0.717) is 6.54 Å². The summed E-state index contributed by atoms with van der Waals surface area (Å²) in [7, 11) is 3.58. The first kappa shape index (κ1) is 14.0. The van der Waals surface area contributed by atoms with Gasteiger partial charge in [0.1, 0.15) is 0 Å². The lowest BCUT2D eigenvalue weighted by Gasteiger charge is -2.39. The van der Waals surface area contributed by atoms with Gasteiger partial charge in [0.05, 0.1) is 18.3 Å². The molecule has 1 aliphatic heterocycles. The molecule has 2 atom stereocenters. The van der Waals surface area contributed by atoms with E-state index in [0.717, 1.165) is 31.4 Å². The smallest absolute Gasteiger partial charge is 0.237 e. The van der Waals surface area contributed by atoms with Gasteiger partial charge in [0.2, 0.25) is 5.91 Å². The van der Waals surface area contributed by atoms with Gasteiger partial charge in [-0.2, -0.15) is 5.10 Å². The zero-order valence-electron chi connectivity index (χ0n) is 11.7. The number of hydrogen-bond acceptors (Lipinski definition) is 4. The van der Waals surface area contributed by atoms with E-state index in [1.807, 2.05) is 19.4 Å². The summed E-state index contributed by atoms with van der Waals surface area (Å²) < 4.78 is 1.77. The van der Waals surface area contributed by atoms with Crippen LogP contribution >= 0.6 is 0 Å². The van der Waals surface area contributed by atoms with Gasteiger partial charge >= 0.3 is 0 Å². The summed E-state index contributed by atoms with van der Waals surface area (Å²) in [4.78, 5) is 14.2. The number of hydrogen-bond donors (Lipinski definition) is 2. The molecule has 0 aliphatic carbocycles. The van der Waals surface area contributed by atoms with Crippen LogP contribution in [-0.4, -0.2) is 46.8 Å². The Hall–Kier alpha value is -1.40. The number of amides is 1. The maximum Gasteiger partial charge on any atom is 0.237 e. The van der Waals surface area contributed by atoms with E-state index in [4.69, 9.17) is 5.73 Å². The van der Waals surface area contributed by atoms with Crippen molar-refractivity contribution in [3.05, 3.63) is 18.0 Å². The van der Waals surface area contributed by atoms with Gasteiger partial charge < -0.3 is 11.1 Å². The molecule has 106 valence electrons. The van der Waals surface area contributed by atoms with E-state index in [-0.39, 0.29) is 18.0 Å². The van der Waals surface area contributed by atoms with Crippen LogP contribution < -0.4 is 11.1 Å². The molecule has 6 heteroatoms. The number of aromatic nitrogens is 2. The van der Waals surface area contributed by atoms with E-state index in [9.17, 15) is 4.79 Å². The maximum atomic E-state index is 12.0. The number of nitrogens with zero attached hydrogens (tertiary/aromatic N) is 3. The lowest BCUT2D eigenvalue weighted by Crippen LogP contribution is -2.51. The molecule has 19 heavy (non-hydrogen) atoms. The molecule has 0 saturated carbocycles. The highest BCUT2D eigenvalue weighted by Crippen LogP contribution is 2.27. The van der Waals surface area contributed by atoms with E-state index in [1.54, 1.807) is 11.7 Å². The molecule has 1 amide bonds. The van der Waals surface area contributed by atoms with Crippen molar-refractivity contribution in [3.63, 3.8) is 0 Å². The van der Waals surface area contributed by atoms with Gasteiger partial charge in [-0.15, -0.1) is 0 Å². The number of rotatable bonds is 4. The molecule has 2 heterocycles. The zero-order valence-corrected chi connectivity index (χ0v) is 11.7. The van der Waals surface area contributed by atoms with Gasteiger partial charge in [-0.1, -0.05) is 6.42 Å². The molecule has 0 radical (unpaired) electrons. The SMILES string of the molecule is CNC(=O)C1CCCCN1C(CN)c1cnn(C)c1.